The summed E-state index contributed by atoms with van der Waals surface area (Å²) in [6, 6.07) is 16.7. The molecule has 3 aromatic carbocycles. The molecule has 4 aromatic rings. The van der Waals surface area contributed by atoms with E-state index in [2.05, 4.69) is 4.98 Å². The third-order valence-corrected chi connectivity index (χ3v) is 5.62. The summed E-state index contributed by atoms with van der Waals surface area (Å²) >= 11 is 0. The molecule has 1 amide bonds. The highest BCUT2D eigenvalue weighted by Crippen LogP contribution is 2.39. The van der Waals surface area contributed by atoms with Gasteiger partial charge in [-0.3, -0.25) is 9.78 Å². The number of anilines is 1. The number of carbonyl (C=O) groups is 1. The highest BCUT2D eigenvalue weighted by molar-refractivity contribution is 6.01. The van der Waals surface area contributed by atoms with Crippen molar-refractivity contribution in [2.24, 2.45) is 0 Å². The van der Waals surface area contributed by atoms with E-state index >= 15 is 0 Å². The molecule has 1 heterocycles. The average molecular weight is 488 g/mol. The Morgan fingerprint density at radius 2 is 1.54 bits per heavy atom. The smallest absolute Gasteiger partial charge is 0.315 e. The zero-order valence-electron chi connectivity index (χ0n) is 18.3. The lowest BCUT2D eigenvalue weighted by molar-refractivity contribution is -0.138. The average Bonchev–Trinajstić information content (AvgIpc) is 2.82. The summed E-state index contributed by atoms with van der Waals surface area (Å²) in [6.07, 6.45) is -8.26. The van der Waals surface area contributed by atoms with Crippen LogP contribution in [0.15, 0.2) is 79.0 Å². The first kappa shape index (κ1) is 24.3. The number of amides is 1. The Morgan fingerprint density at radius 3 is 2.20 bits per heavy atom. The van der Waals surface area contributed by atoms with Crippen molar-refractivity contribution in [3.8, 4) is 11.1 Å². The lowest BCUT2D eigenvalue weighted by atomic mass is 9.93. The Labute approximate surface area is 196 Å². The molecule has 0 aliphatic carbocycles. The molecule has 1 aromatic heterocycles. The van der Waals surface area contributed by atoms with Crippen LogP contribution >= 0.6 is 0 Å². The van der Waals surface area contributed by atoms with Crippen LogP contribution in [0, 0.1) is 0 Å². The molecule has 0 radical (unpaired) electrons. The Morgan fingerprint density at radius 1 is 0.857 bits per heavy atom. The lowest BCUT2D eigenvalue weighted by Gasteiger charge is -2.21. The number of para-hydroxylation sites is 1. The first-order chi connectivity index (χ1) is 16.5. The molecule has 0 fully saturated rings. The fraction of sp³-hybridized carbons (Fsp3) is 0.154. The van der Waals surface area contributed by atoms with Gasteiger partial charge in [-0.1, -0.05) is 48.5 Å². The molecule has 4 rings (SSSR count). The van der Waals surface area contributed by atoms with Crippen molar-refractivity contribution in [1.29, 1.82) is 0 Å². The van der Waals surface area contributed by atoms with Gasteiger partial charge in [0, 0.05) is 24.3 Å². The third kappa shape index (κ3) is 4.99. The Balaban J connectivity index is 1.79. The number of carbonyl (C=O) groups excluding carboxylic acids is 1. The molecule has 0 aliphatic heterocycles. The van der Waals surface area contributed by atoms with Crippen molar-refractivity contribution in [1.82, 2.24) is 4.98 Å². The van der Waals surface area contributed by atoms with Gasteiger partial charge in [-0.05, 0) is 41.0 Å². The van der Waals surface area contributed by atoms with Gasteiger partial charge < -0.3 is 4.90 Å². The summed E-state index contributed by atoms with van der Waals surface area (Å²) in [5.74, 6) is -0.547. The van der Waals surface area contributed by atoms with Gasteiger partial charge >= 0.3 is 12.4 Å². The van der Waals surface area contributed by atoms with Crippen LogP contribution in [-0.2, 0) is 23.6 Å². The zero-order valence-corrected chi connectivity index (χ0v) is 18.3. The van der Waals surface area contributed by atoms with Crippen molar-refractivity contribution in [2.75, 3.05) is 11.9 Å². The van der Waals surface area contributed by atoms with Crippen molar-refractivity contribution < 1.29 is 31.1 Å². The fourth-order valence-corrected chi connectivity index (χ4v) is 3.89. The van der Waals surface area contributed by atoms with Gasteiger partial charge in [0.1, 0.15) is 0 Å². The molecule has 0 N–H and O–H groups in total. The molecule has 0 spiro atoms. The Bertz CT molecular complexity index is 1380. The maximum Gasteiger partial charge on any atom is 0.418 e. The van der Waals surface area contributed by atoms with Crippen LogP contribution in [0.3, 0.4) is 0 Å². The first-order valence-electron chi connectivity index (χ1n) is 10.4. The van der Waals surface area contributed by atoms with E-state index in [1.54, 1.807) is 30.3 Å². The minimum atomic E-state index is -4.62. The molecule has 35 heavy (non-hydrogen) atoms. The number of alkyl halides is 6. The number of fused-ring (bicyclic) bond motifs is 1. The number of hydrogen-bond donors (Lipinski definition) is 0. The maximum atomic E-state index is 13.6. The number of nitrogens with zero attached hydrogens (tertiary/aromatic N) is 2. The third-order valence-electron chi connectivity index (χ3n) is 5.62. The number of pyridine rings is 1. The van der Waals surface area contributed by atoms with Crippen LogP contribution in [0.25, 0.3) is 22.0 Å². The molecule has 0 bridgehead atoms. The van der Waals surface area contributed by atoms with E-state index in [-0.39, 0.29) is 23.0 Å². The van der Waals surface area contributed by atoms with Crippen molar-refractivity contribution in [3.05, 3.63) is 95.7 Å². The molecular formula is C26H18F6N2O. The van der Waals surface area contributed by atoms with Crippen LogP contribution < -0.4 is 4.90 Å². The largest absolute Gasteiger partial charge is 0.418 e. The zero-order chi connectivity index (χ0) is 25.4. The Hall–Kier alpha value is -3.88. The lowest BCUT2D eigenvalue weighted by Crippen LogP contribution is -2.28. The summed E-state index contributed by atoms with van der Waals surface area (Å²) in [7, 11) is 1.34. The second-order valence-electron chi connectivity index (χ2n) is 7.90. The number of hydrogen-bond acceptors (Lipinski definition) is 2. The molecule has 0 unspecified atom stereocenters. The van der Waals surface area contributed by atoms with Gasteiger partial charge in [-0.2, -0.15) is 26.3 Å². The van der Waals surface area contributed by atoms with Gasteiger partial charge in [-0.15, -0.1) is 0 Å². The maximum absolute atomic E-state index is 13.6. The number of aromatic nitrogens is 1. The summed E-state index contributed by atoms with van der Waals surface area (Å²) in [6.45, 7) is 0. The minimum absolute atomic E-state index is 0.0409. The van der Waals surface area contributed by atoms with E-state index in [0.717, 1.165) is 23.1 Å². The number of likely N-dealkylation sites (N-methyl/N-ethyl adjacent to an activating group) is 1. The second-order valence-corrected chi connectivity index (χ2v) is 7.90. The number of halogens is 6. The summed E-state index contributed by atoms with van der Waals surface area (Å²) in [5, 5.41) is 0.220. The first-order valence-corrected chi connectivity index (χ1v) is 10.4. The summed E-state index contributed by atoms with van der Waals surface area (Å²) < 4.78 is 80.1. The normalized spacial score (nSPS) is 12.1. The van der Waals surface area contributed by atoms with Crippen LogP contribution in [-0.4, -0.2) is 17.9 Å². The SMILES string of the molecule is CN(C(=O)Cc1cnc2c(C(F)(F)F)cccc2c1-c1ccccc1)c1cccc(C(F)(F)F)c1. The molecule has 180 valence electrons. The van der Waals surface area contributed by atoms with Gasteiger partial charge in [-0.25, -0.2) is 0 Å². The molecule has 0 aliphatic rings. The van der Waals surface area contributed by atoms with Gasteiger partial charge in [0.05, 0.1) is 23.1 Å². The standard InChI is InChI=1S/C26H18F6N2O/c1-34(19-10-5-9-18(14-19)25(27,28)29)22(35)13-17-15-33-24-20(11-6-12-21(24)26(30,31)32)23(17)16-7-3-2-4-8-16/h2-12,14-15H,13H2,1H3. The van der Waals surface area contributed by atoms with Gasteiger partial charge in [0.15, 0.2) is 0 Å². The highest BCUT2D eigenvalue weighted by Gasteiger charge is 2.34. The predicted molar refractivity (Wildman–Crippen MR) is 121 cm³/mol. The van der Waals surface area contributed by atoms with Crippen LogP contribution in [0.5, 0.6) is 0 Å². The van der Waals surface area contributed by atoms with Gasteiger partial charge in [0.25, 0.3) is 0 Å². The van der Waals surface area contributed by atoms with E-state index < -0.39 is 29.4 Å². The highest BCUT2D eigenvalue weighted by atomic mass is 19.4. The van der Waals surface area contributed by atoms with Crippen LogP contribution in [0.2, 0.25) is 0 Å². The topological polar surface area (TPSA) is 33.2 Å². The molecule has 3 nitrogen and oxygen atoms in total. The second kappa shape index (κ2) is 9.05. The van der Waals surface area contributed by atoms with Crippen molar-refractivity contribution in [3.63, 3.8) is 0 Å². The summed E-state index contributed by atoms with van der Waals surface area (Å²) in [4.78, 5) is 18.2. The molecule has 9 heteroatoms. The van der Waals surface area contributed by atoms with Crippen LogP contribution in [0.1, 0.15) is 16.7 Å². The van der Waals surface area contributed by atoms with E-state index in [1.807, 2.05) is 0 Å². The van der Waals surface area contributed by atoms with Crippen molar-refractivity contribution in [2.45, 2.75) is 18.8 Å². The van der Waals surface area contributed by atoms with E-state index in [9.17, 15) is 31.1 Å². The monoisotopic (exact) mass is 488 g/mol. The van der Waals surface area contributed by atoms with E-state index in [4.69, 9.17) is 0 Å². The van der Waals surface area contributed by atoms with Crippen LogP contribution in [0.4, 0.5) is 32.0 Å². The molecule has 0 atom stereocenters. The van der Waals surface area contributed by atoms with Crippen molar-refractivity contribution >= 4 is 22.5 Å². The molecule has 0 saturated heterocycles. The number of benzene rings is 3. The minimum Gasteiger partial charge on any atom is -0.315 e. The summed E-state index contributed by atoms with van der Waals surface area (Å²) in [5.41, 5.74) is -0.651. The molecule has 0 saturated carbocycles. The predicted octanol–water partition coefficient (Wildman–Crippen LogP) is 7.14. The quantitative estimate of drug-likeness (QED) is 0.286. The van der Waals surface area contributed by atoms with E-state index in [1.165, 1.54) is 37.5 Å². The Kier molecular flexibility index (Phi) is 6.27. The number of rotatable bonds is 4. The van der Waals surface area contributed by atoms with Gasteiger partial charge in [0.2, 0.25) is 5.91 Å². The van der Waals surface area contributed by atoms with E-state index in [0.29, 0.717) is 16.7 Å². The fourth-order valence-electron chi connectivity index (χ4n) is 3.89. The molecular weight excluding hydrogens is 470 g/mol.